The van der Waals surface area contributed by atoms with E-state index in [1.807, 2.05) is 0 Å². The van der Waals surface area contributed by atoms with Gasteiger partial charge in [0.25, 0.3) is 5.91 Å². The van der Waals surface area contributed by atoms with E-state index in [0.29, 0.717) is 26.9 Å². The molecule has 1 aliphatic rings. The number of urea groups is 1. The zero-order valence-corrected chi connectivity index (χ0v) is 15.7. The lowest BCUT2D eigenvalue weighted by Gasteiger charge is -2.28. The van der Waals surface area contributed by atoms with Gasteiger partial charge in [-0.25, -0.2) is 9.69 Å². The van der Waals surface area contributed by atoms with Crippen LogP contribution in [-0.4, -0.2) is 29.4 Å². The summed E-state index contributed by atoms with van der Waals surface area (Å²) in [5.41, 5.74) is 0.378. The van der Waals surface area contributed by atoms with Crippen LogP contribution in [-0.2, 0) is 11.2 Å². The van der Waals surface area contributed by atoms with Gasteiger partial charge in [-0.1, -0.05) is 41.4 Å². The van der Waals surface area contributed by atoms with E-state index in [9.17, 15) is 14.9 Å². The monoisotopic (exact) mass is 387 g/mol. The molecule has 26 heavy (non-hydrogen) atoms. The number of amides is 3. The first-order valence-electron chi connectivity index (χ1n) is 7.84. The maximum Gasteiger partial charge on any atom is 0.332 e. The second-order valence-corrected chi connectivity index (χ2v) is 7.20. The molecule has 1 fully saturated rings. The molecule has 2 aromatic carbocycles. The van der Waals surface area contributed by atoms with Crippen molar-refractivity contribution in [3.63, 3.8) is 0 Å². The minimum absolute atomic E-state index is 0.225. The van der Waals surface area contributed by atoms with Crippen molar-refractivity contribution in [2.75, 3.05) is 11.9 Å². The Morgan fingerprint density at radius 2 is 1.73 bits per heavy atom. The number of hydrogen-bond donors (Lipinski definition) is 0. The molecule has 0 N–H and O–H groups in total. The average Bonchev–Trinajstić information content (AvgIpc) is 2.75. The molecule has 5 nitrogen and oxygen atoms in total. The molecule has 0 aliphatic carbocycles. The number of carbonyl (C=O) groups excluding carboxylic acids is 2. The molecule has 0 aromatic heterocycles. The lowest BCUT2D eigenvalue weighted by Crippen LogP contribution is -2.47. The first kappa shape index (κ1) is 18.2. The van der Waals surface area contributed by atoms with Crippen LogP contribution in [0, 0.1) is 11.3 Å². The molecular formula is C19H15Cl2N3O2. The van der Waals surface area contributed by atoms with Crippen molar-refractivity contribution in [1.82, 2.24) is 4.90 Å². The van der Waals surface area contributed by atoms with E-state index in [1.54, 1.807) is 38.2 Å². The van der Waals surface area contributed by atoms with Crippen molar-refractivity contribution < 1.29 is 9.59 Å². The number of likely N-dealkylation sites (N-methyl/N-ethyl adjacent to an activating group) is 1. The highest BCUT2D eigenvalue weighted by atomic mass is 35.5. The molecule has 1 atom stereocenters. The number of nitriles is 1. The van der Waals surface area contributed by atoms with Crippen LogP contribution in [0.1, 0.15) is 18.1 Å². The Bertz CT molecular complexity index is 934. The molecular weight excluding hydrogens is 373 g/mol. The van der Waals surface area contributed by atoms with Crippen LogP contribution in [0.3, 0.4) is 0 Å². The largest absolute Gasteiger partial charge is 0.332 e. The maximum absolute atomic E-state index is 13.2. The molecule has 3 rings (SSSR count). The van der Waals surface area contributed by atoms with Gasteiger partial charge in [-0.15, -0.1) is 0 Å². The Morgan fingerprint density at radius 1 is 1.12 bits per heavy atom. The van der Waals surface area contributed by atoms with Crippen molar-refractivity contribution in [2.24, 2.45) is 0 Å². The molecule has 0 radical (unpaired) electrons. The Hall–Kier alpha value is -2.55. The average molecular weight is 388 g/mol. The summed E-state index contributed by atoms with van der Waals surface area (Å²) < 4.78 is 0. The molecule has 1 heterocycles. The number of benzene rings is 2. The topological polar surface area (TPSA) is 64.4 Å². The van der Waals surface area contributed by atoms with Crippen LogP contribution >= 0.6 is 23.2 Å². The van der Waals surface area contributed by atoms with Gasteiger partial charge in [0.15, 0.2) is 0 Å². The fourth-order valence-corrected chi connectivity index (χ4v) is 3.59. The van der Waals surface area contributed by atoms with Gasteiger partial charge in [-0.3, -0.25) is 4.79 Å². The summed E-state index contributed by atoms with van der Waals surface area (Å²) in [7, 11) is 1.57. The standard InChI is InChI=1S/C19H15Cl2N3O2/c1-19(10-12-5-3-4-6-13(12)11-22)17(25)24(18(26)23(19)2)16-8-14(20)7-15(21)9-16/h3-9H,10H2,1-2H3. The number of nitrogens with zero attached hydrogens (tertiary/aromatic N) is 3. The van der Waals surface area contributed by atoms with Crippen molar-refractivity contribution in [1.29, 1.82) is 5.26 Å². The van der Waals surface area contributed by atoms with Gasteiger partial charge >= 0.3 is 6.03 Å². The molecule has 1 saturated heterocycles. The Kier molecular flexibility index (Phi) is 4.66. The second kappa shape index (κ2) is 6.64. The summed E-state index contributed by atoms with van der Waals surface area (Å²) >= 11 is 12.0. The summed E-state index contributed by atoms with van der Waals surface area (Å²) in [4.78, 5) is 28.4. The number of halogens is 2. The summed E-state index contributed by atoms with van der Waals surface area (Å²) in [6.45, 7) is 1.69. The van der Waals surface area contributed by atoms with Crippen LogP contribution in [0.5, 0.6) is 0 Å². The van der Waals surface area contributed by atoms with Crippen molar-refractivity contribution in [3.8, 4) is 6.07 Å². The van der Waals surface area contributed by atoms with Gasteiger partial charge in [0.2, 0.25) is 0 Å². The first-order chi connectivity index (χ1) is 12.3. The van der Waals surface area contributed by atoms with E-state index in [0.717, 1.165) is 4.90 Å². The van der Waals surface area contributed by atoms with Crippen LogP contribution < -0.4 is 4.90 Å². The molecule has 2 aromatic rings. The molecule has 0 bridgehead atoms. The zero-order valence-electron chi connectivity index (χ0n) is 14.2. The van der Waals surface area contributed by atoms with Gasteiger partial charge in [0.05, 0.1) is 17.3 Å². The molecule has 7 heteroatoms. The third kappa shape index (κ3) is 2.92. The highest BCUT2D eigenvalue weighted by molar-refractivity contribution is 6.35. The maximum atomic E-state index is 13.2. The van der Waals surface area contributed by atoms with Crippen LogP contribution in [0.2, 0.25) is 10.0 Å². The highest BCUT2D eigenvalue weighted by Gasteiger charge is 2.53. The summed E-state index contributed by atoms with van der Waals surface area (Å²) in [5.74, 6) is -0.393. The number of imide groups is 1. The quantitative estimate of drug-likeness (QED) is 0.738. The second-order valence-electron chi connectivity index (χ2n) is 6.33. The van der Waals surface area contributed by atoms with E-state index < -0.39 is 17.5 Å². The zero-order chi connectivity index (χ0) is 19.1. The smallest absolute Gasteiger partial charge is 0.312 e. The van der Waals surface area contributed by atoms with Gasteiger partial charge in [0, 0.05) is 23.5 Å². The summed E-state index contributed by atoms with van der Waals surface area (Å²) in [5, 5.41) is 9.96. The number of carbonyl (C=O) groups is 2. The van der Waals surface area contributed by atoms with Crippen LogP contribution in [0.15, 0.2) is 42.5 Å². The third-order valence-electron chi connectivity index (χ3n) is 4.66. The van der Waals surface area contributed by atoms with Crippen molar-refractivity contribution in [2.45, 2.75) is 18.9 Å². The lowest BCUT2D eigenvalue weighted by molar-refractivity contribution is -0.123. The first-order valence-corrected chi connectivity index (χ1v) is 8.60. The Balaban J connectivity index is 2.03. The highest BCUT2D eigenvalue weighted by Crippen LogP contribution is 2.36. The minimum atomic E-state index is -1.13. The Morgan fingerprint density at radius 3 is 2.35 bits per heavy atom. The molecule has 132 valence electrons. The molecule has 3 amide bonds. The van der Waals surface area contributed by atoms with Gasteiger partial charge in [-0.2, -0.15) is 5.26 Å². The molecule has 0 saturated carbocycles. The van der Waals surface area contributed by atoms with Crippen LogP contribution in [0.25, 0.3) is 0 Å². The molecule has 1 unspecified atom stereocenters. The van der Waals surface area contributed by atoms with Crippen molar-refractivity contribution in [3.05, 3.63) is 63.6 Å². The SMILES string of the molecule is CN1C(=O)N(c2cc(Cl)cc(Cl)c2)C(=O)C1(C)Cc1ccccc1C#N. The fourth-order valence-electron chi connectivity index (χ4n) is 3.08. The van der Waals surface area contributed by atoms with E-state index in [4.69, 9.17) is 23.2 Å². The Labute approximate surface area is 161 Å². The fraction of sp³-hybridized carbons (Fsp3) is 0.211. The summed E-state index contributed by atoms with van der Waals surface area (Å²) in [6.07, 6.45) is 0.225. The van der Waals surface area contributed by atoms with Gasteiger partial charge < -0.3 is 4.90 Å². The number of hydrogen-bond acceptors (Lipinski definition) is 3. The minimum Gasteiger partial charge on any atom is -0.312 e. The molecule has 0 spiro atoms. The van der Waals surface area contributed by atoms with Crippen LogP contribution in [0.4, 0.5) is 10.5 Å². The lowest BCUT2D eigenvalue weighted by atomic mass is 9.89. The van der Waals surface area contributed by atoms with Gasteiger partial charge in [-0.05, 0) is 36.8 Å². The van der Waals surface area contributed by atoms with E-state index in [-0.39, 0.29) is 6.42 Å². The number of anilines is 1. The van der Waals surface area contributed by atoms with Gasteiger partial charge in [0.1, 0.15) is 5.54 Å². The van der Waals surface area contributed by atoms with E-state index in [1.165, 1.54) is 23.1 Å². The third-order valence-corrected chi connectivity index (χ3v) is 5.10. The normalized spacial score (nSPS) is 19.8. The predicted molar refractivity (Wildman–Crippen MR) is 100 cm³/mol. The van der Waals surface area contributed by atoms with Crippen molar-refractivity contribution >= 4 is 40.8 Å². The molecule has 1 aliphatic heterocycles. The van der Waals surface area contributed by atoms with E-state index >= 15 is 0 Å². The predicted octanol–water partition coefficient (Wildman–Crippen LogP) is 4.26. The summed E-state index contributed by atoms with van der Waals surface area (Å²) in [6, 6.07) is 13.3. The number of rotatable bonds is 3. The van der Waals surface area contributed by atoms with E-state index in [2.05, 4.69) is 6.07 Å².